The summed E-state index contributed by atoms with van der Waals surface area (Å²) in [5.41, 5.74) is 0.173. The van der Waals surface area contributed by atoms with Gasteiger partial charge in [-0.25, -0.2) is 4.79 Å². The molecular weight excluding hydrogens is 326 g/mol. The fraction of sp³-hybridized carbons (Fsp3) is 0.222. The van der Waals surface area contributed by atoms with E-state index in [4.69, 9.17) is 14.2 Å². The van der Waals surface area contributed by atoms with E-state index in [0.29, 0.717) is 11.5 Å². The second-order valence-electron chi connectivity index (χ2n) is 4.98. The van der Waals surface area contributed by atoms with Crippen LogP contribution in [0.25, 0.3) is 0 Å². The maximum atomic E-state index is 11.7. The Kier molecular flexibility index (Phi) is 6.65. The summed E-state index contributed by atoms with van der Waals surface area (Å²) in [5.74, 6) is 0.00396. The Bertz CT molecular complexity index is 731. The molecule has 0 radical (unpaired) electrons. The Morgan fingerprint density at radius 1 is 1.08 bits per heavy atom. The van der Waals surface area contributed by atoms with Crippen molar-refractivity contribution in [2.75, 3.05) is 26.9 Å². The predicted molar refractivity (Wildman–Crippen MR) is 89.9 cm³/mol. The molecule has 132 valence electrons. The summed E-state index contributed by atoms with van der Waals surface area (Å²) >= 11 is 0. The van der Waals surface area contributed by atoms with Gasteiger partial charge in [0, 0.05) is 0 Å². The van der Waals surface area contributed by atoms with Crippen LogP contribution in [-0.2, 0) is 9.53 Å². The van der Waals surface area contributed by atoms with E-state index in [0.717, 1.165) is 0 Å². The first kappa shape index (κ1) is 18.1. The molecule has 0 aliphatic rings. The Morgan fingerprint density at radius 2 is 1.84 bits per heavy atom. The molecular formula is C18H19NO6. The zero-order valence-corrected chi connectivity index (χ0v) is 13.7. The van der Waals surface area contributed by atoms with Gasteiger partial charge in [0.2, 0.25) is 0 Å². The molecule has 7 heteroatoms. The molecule has 2 N–H and O–H groups in total. The van der Waals surface area contributed by atoms with Gasteiger partial charge in [-0.15, -0.1) is 0 Å². The van der Waals surface area contributed by atoms with Gasteiger partial charge in [-0.1, -0.05) is 18.2 Å². The molecule has 2 aromatic carbocycles. The highest BCUT2D eigenvalue weighted by Gasteiger charge is 2.10. The van der Waals surface area contributed by atoms with Gasteiger partial charge in [0.25, 0.3) is 5.91 Å². The molecule has 0 aliphatic carbocycles. The molecule has 0 spiro atoms. The number of amides is 1. The van der Waals surface area contributed by atoms with Crippen molar-refractivity contribution in [2.45, 2.75) is 0 Å². The molecule has 0 saturated heterocycles. The molecule has 0 saturated carbocycles. The van der Waals surface area contributed by atoms with Crippen LogP contribution in [0.15, 0.2) is 48.5 Å². The summed E-state index contributed by atoms with van der Waals surface area (Å²) in [6, 6.07) is 12.9. The average Bonchev–Trinajstić information content (AvgIpc) is 2.63. The van der Waals surface area contributed by atoms with Crippen LogP contribution in [-0.4, -0.2) is 43.9 Å². The maximum absolute atomic E-state index is 11.7. The lowest BCUT2D eigenvalue weighted by molar-refractivity contribution is -0.124. The SMILES string of the molecule is COc1ccccc1OCCNC(=O)COC(=O)c1cccc(O)c1. The number of ether oxygens (including phenoxy) is 3. The van der Waals surface area contributed by atoms with E-state index in [1.807, 2.05) is 12.1 Å². The Morgan fingerprint density at radius 3 is 2.56 bits per heavy atom. The smallest absolute Gasteiger partial charge is 0.338 e. The number of hydrogen-bond acceptors (Lipinski definition) is 6. The number of phenolic OH excluding ortho intramolecular Hbond substituents is 1. The number of methoxy groups -OCH3 is 1. The highest BCUT2D eigenvalue weighted by molar-refractivity contribution is 5.91. The molecule has 0 aliphatic heterocycles. The van der Waals surface area contributed by atoms with Crippen LogP contribution < -0.4 is 14.8 Å². The lowest BCUT2D eigenvalue weighted by atomic mass is 10.2. The second kappa shape index (κ2) is 9.17. The second-order valence-corrected chi connectivity index (χ2v) is 4.98. The van der Waals surface area contributed by atoms with Crippen molar-refractivity contribution >= 4 is 11.9 Å². The van der Waals surface area contributed by atoms with Crippen molar-refractivity contribution in [3.05, 3.63) is 54.1 Å². The average molecular weight is 345 g/mol. The van der Waals surface area contributed by atoms with E-state index < -0.39 is 18.5 Å². The third-order valence-corrected chi connectivity index (χ3v) is 3.17. The number of rotatable bonds is 8. The minimum atomic E-state index is -0.684. The lowest BCUT2D eigenvalue weighted by Crippen LogP contribution is -2.32. The van der Waals surface area contributed by atoms with Gasteiger partial charge in [0.1, 0.15) is 12.4 Å². The zero-order valence-electron chi connectivity index (χ0n) is 13.7. The zero-order chi connectivity index (χ0) is 18.1. The van der Waals surface area contributed by atoms with Gasteiger partial charge >= 0.3 is 5.97 Å². The quantitative estimate of drug-likeness (QED) is 0.559. The number of phenols is 1. The topological polar surface area (TPSA) is 94.1 Å². The number of carbonyl (C=O) groups excluding carboxylic acids is 2. The molecule has 0 unspecified atom stereocenters. The van der Waals surface area contributed by atoms with Gasteiger partial charge in [-0.2, -0.15) is 0 Å². The summed E-state index contributed by atoms with van der Waals surface area (Å²) < 4.78 is 15.5. The molecule has 0 heterocycles. The van der Waals surface area contributed by atoms with Crippen molar-refractivity contribution in [3.63, 3.8) is 0 Å². The number of carbonyl (C=O) groups is 2. The van der Waals surface area contributed by atoms with Crippen LogP contribution in [0.4, 0.5) is 0 Å². The van der Waals surface area contributed by atoms with E-state index in [9.17, 15) is 14.7 Å². The van der Waals surface area contributed by atoms with E-state index in [1.165, 1.54) is 24.3 Å². The Labute approximate surface area is 145 Å². The Balaban J connectivity index is 1.68. The van der Waals surface area contributed by atoms with E-state index in [1.54, 1.807) is 19.2 Å². The third-order valence-electron chi connectivity index (χ3n) is 3.17. The summed E-state index contributed by atoms with van der Waals surface area (Å²) in [6.07, 6.45) is 0. The normalized spacial score (nSPS) is 9.96. The number of benzene rings is 2. The lowest BCUT2D eigenvalue weighted by Gasteiger charge is -2.11. The molecule has 0 atom stereocenters. The number of para-hydroxylation sites is 2. The maximum Gasteiger partial charge on any atom is 0.338 e. The van der Waals surface area contributed by atoms with Crippen LogP contribution >= 0.6 is 0 Å². The highest BCUT2D eigenvalue weighted by Crippen LogP contribution is 2.25. The van der Waals surface area contributed by atoms with Crippen LogP contribution in [0.1, 0.15) is 10.4 Å². The first-order valence-corrected chi connectivity index (χ1v) is 7.59. The van der Waals surface area contributed by atoms with Crippen LogP contribution in [0.5, 0.6) is 17.2 Å². The van der Waals surface area contributed by atoms with Gasteiger partial charge in [-0.05, 0) is 30.3 Å². The number of hydrogen-bond donors (Lipinski definition) is 2. The van der Waals surface area contributed by atoms with E-state index in [2.05, 4.69) is 5.32 Å². The van der Waals surface area contributed by atoms with Crippen LogP contribution in [0, 0.1) is 0 Å². The fourth-order valence-corrected chi connectivity index (χ4v) is 1.99. The van der Waals surface area contributed by atoms with Gasteiger partial charge < -0.3 is 24.6 Å². The highest BCUT2D eigenvalue weighted by atomic mass is 16.5. The summed E-state index contributed by atoms with van der Waals surface area (Å²) in [4.78, 5) is 23.4. The molecule has 0 aromatic heterocycles. The predicted octanol–water partition coefficient (Wildman–Crippen LogP) is 1.75. The van der Waals surface area contributed by atoms with Crippen molar-refractivity contribution in [2.24, 2.45) is 0 Å². The molecule has 2 aromatic rings. The van der Waals surface area contributed by atoms with Gasteiger partial charge in [0.15, 0.2) is 18.1 Å². The number of aromatic hydroxyl groups is 1. The molecule has 1 amide bonds. The molecule has 2 rings (SSSR count). The van der Waals surface area contributed by atoms with Crippen LogP contribution in [0.3, 0.4) is 0 Å². The van der Waals surface area contributed by atoms with Crippen molar-refractivity contribution in [1.29, 1.82) is 0 Å². The summed E-state index contributed by atoms with van der Waals surface area (Å²) in [5, 5.41) is 11.9. The molecule has 7 nitrogen and oxygen atoms in total. The first-order chi connectivity index (χ1) is 12.1. The molecule has 25 heavy (non-hydrogen) atoms. The Hall–Kier alpha value is -3.22. The summed E-state index contributed by atoms with van der Waals surface area (Å²) in [6.45, 7) is 0.0797. The first-order valence-electron chi connectivity index (χ1n) is 7.59. The van der Waals surface area contributed by atoms with E-state index in [-0.39, 0.29) is 24.5 Å². The van der Waals surface area contributed by atoms with Crippen molar-refractivity contribution in [1.82, 2.24) is 5.32 Å². The summed E-state index contributed by atoms with van der Waals surface area (Å²) in [7, 11) is 1.55. The monoisotopic (exact) mass is 345 g/mol. The van der Waals surface area contributed by atoms with E-state index >= 15 is 0 Å². The fourth-order valence-electron chi connectivity index (χ4n) is 1.99. The van der Waals surface area contributed by atoms with Crippen molar-refractivity contribution < 1.29 is 28.9 Å². The van der Waals surface area contributed by atoms with Crippen molar-refractivity contribution in [3.8, 4) is 17.2 Å². The molecule has 0 bridgehead atoms. The standard InChI is InChI=1S/C18H19NO6/c1-23-15-7-2-3-8-16(15)24-10-9-19-17(21)12-25-18(22)13-5-4-6-14(20)11-13/h2-8,11,20H,9-10,12H2,1H3,(H,19,21). The minimum Gasteiger partial charge on any atom is -0.508 e. The number of nitrogens with one attached hydrogen (secondary N) is 1. The largest absolute Gasteiger partial charge is 0.508 e. The molecule has 0 fully saturated rings. The van der Waals surface area contributed by atoms with Gasteiger partial charge in [-0.3, -0.25) is 4.79 Å². The number of esters is 1. The third kappa shape index (κ3) is 5.72. The van der Waals surface area contributed by atoms with Crippen LogP contribution in [0.2, 0.25) is 0 Å². The minimum absolute atomic E-state index is 0.0487. The van der Waals surface area contributed by atoms with Gasteiger partial charge in [0.05, 0.1) is 19.2 Å².